The van der Waals surface area contributed by atoms with E-state index in [1.165, 1.54) is 19.3 Å². The minimum absolute atomic E-state index is 0.343. The van der Waals surface area contributed by atoms with Crippen LogP contribution >= 0.6 is 0 Å². The van der Waals surface area contributed by atoms with E-state index in [9.17, 15) is 4.79 Å². The Morgan fingerprint density at radius 3 is 2.85 bits per heavy atom. The molecule has 0 unspecified atom stereocenters. The molecule has 13 heavy (non-hydrogen) atoms. The Labute approximate surface area is 80.4 Å². The molecule has 2 heteroatoms. The van der Waals surface area contributed by atoms with Crippen LogP contribution in [0.4, 0.5) is 0 Å². The number of unbranched alkanes of at least 4 members (excludes halogenated alkanes) is 1. The van der Waals surface area contributed by atoms with Crippen molar-refractivity contribution in [1.29, 1.82) is 0 Å². The lowest BCUT2D eigenvalue weighted by Gasteiger charge is -2.12. The first kappa shape index (κ1) is 10.3. The van der Waals surface area contributed by atoms with Gasteiger partial charge in [0.25, 0.3) is 0 Å². The topological polar surface area (TPSA) is 29.1 Å². The molecule has 0 aromatic carbocycles. The molecule has 2 nitrogen and oxygen atoms in total. The fraction of sp³-hybridized carbons (Fsp3) is 0.727. The van der Waals surface area contributed by atoms with Gasteiger partial charge < -0.3 is 5.32 Å². The van der Waals surface area contributed by atoms with Crippen molar-refractivity contribution in [1.82, 2.24) is 5.32 Å². The Morgan fingerprint density at radius 2 is 2.15 bits per heavy atom. The van der Waals surface area contributed by atoms with Gasteiger partial charge in [0, 0.05) is 24.7 Å². The molecule has 0 atom stereocenters. The lowest BCUT2D eigenvalue weighted by molar-refractivity contribution is -0.116. The highest BCUT2D eigenvalue weighted by Gasteiger charge is 2.13. The maximum absolute atomic E-state index is 11.3. The lowest BCUT2D eigenvalue weighted by atomic mass is 9.94. The van der Waals surface area contributed by atoms with Gasteiger partial charge in [-0.25, -0.2) is 0 Å². The molecule has 0 saturated heterocycles. The highest BCUT2D eigenvalue weighted by molar-refractivity contribution is 5.95. The van der Waals surface area contributed by atoms with Crippen molar-refractivity contribution >= 4 is 5.78 Å². The molecular formula is C11H19NO. The van der Waals surface area contributed by atoms with Gasteiger partial charge in [0.2, 0.25) is 0 Å². The van der Waals surface area contributed by atoms with Gasteiger partial charge in [-0.15, -0.1) is 0 Å². The van der Waals surface area contributed by atoms with E-state index in [0.717, 1.165) is 31.4 Å². The van der Waals surface area contributed by atoms with E-state index in [2.05, 4.69) is 12.2 Å². The van der Waals surface area contributed by atoms with Crippen LogP contribution in [0.1, 0.15) is 45.4 Å². The summed E-state index contributed by atoms with van der Waals surface area (Å²) in [6, 6.07) is 0. The molecule has 0 aromatic heterocycles. The second-order valence-electron chi connectivity index (χ2n) is 3.61. The largest absolute Gasteiger partial charge is 0.391 e. The summed E-state index contributed by atoms with van der Waals surface area (Å²) in [5.74, 6) is 0.343. The van der Waals surface area contributed by atoms with E-state index in [1.54, 1.807) is 0 Å². The number of rotatable bonds is 4. The van der Waals surface area contributed by atoms with Crippen LogP contribution in [-0.2, 0) is 4.79 Å². The zero-order valence-electron chi connectivity index (χ0n) is 8.44. The Morgan fingerprint density at radius 1 is 1.38 bits per heavy atom. The second kappa shape index (κ2) is 5.79. The molecular weight excluding hydrogens is 162 g/mol. The smallest absolute Gasteiger partial charge is 0.160 e. The van der Waals surface area contributed by atoms with Crippen LogP contribution in [0, 0.1) is 0 Å². The van der Waals surface area contributed by atoms with Crippen LogP contribution in [0.3, 0.4) is 0 Å². The van der Waals surface area contributed by atoms with Gasteiger partial charge in [0.15, 0.2) is 5.78 Å². The van der Waals surface area contributed by atoms with E-state index in [-0.39, 0.29) is 0 Å². The average Bonchev–Trinajstić information content (AvgIpc) is 2.15. The normalized spacial score (nSPS) is 20.7. The minimum Gasteiger partial charge on any atom is -0.391 e. The Bertz CT molecular complexity index is 196. The van der Waals surface area contributed by atoms with Gasteiger partial charge in [-0.05, 0) is 25.7 Å². The van der Waals surface area contributed by atoms with Crippen molar-refractivity contribution in [2.24, 2.45) is 0 Å². The quantitative estimate of drug-likeness (QED) is 0.533. The molecule has 0 aliphatic heterocycles. The molecule has 0 amide bonds. The molecule has 1 N–H and O–H groups in total. The number of allylic oxidation sites excluding steroid dienone is 1. The van der Waals surface area contributed by atoms with Crippen LogP contribution in [0.5, 0.6) is 0 Å². The SMILES string of the molecule is CCCCN/C=C1/CCCCC1=O. The average molecular weight is 181 g/mol. The monoisotopic (exact) mass is 181 g/mol. The van der Waals surface area contributed by atoms with E-state index in [1.807, 2.05) is 6.20 Å². The van der Waals surface area contributed by atoms with Crippen LogP contribution in [0.15, 0.2) is 11.8 Å². The van der Waals surface area contributed by atoms with Crippen molar-refractivity contribution in [2.75, 3.05) is 6.54 Å². The first-order valence-electron chi connectivity index (χ1n) is 5.30. The third kappa shape index (κ3) is 3.62. The Hall–Kier alpha value is -0.790. The third-order valence-corrected chi connectivity index (χ3v) is 2.41. The fourth-order valence-corrected chi connectivity index (χ4v) is 1.53. The number of hydrogen-bond donors (Lipinski definition) is 1. The molecule has 0 heterocycles. The summed E-state index contributed by atoms with van der Waals surface area (Å²) in [4.78, 5) is 11.3. The second-order valence-corrected chi connectivity index (χ2v) is 3.61. The number of Topliss-reactive ketones (excluding diaryl/α,β-unsaturated/α-hetero) is 1. The zero-order valence-corrected chi connectivity index (χ0v) is 8.44. The number of carbonyl (C=O) groups is 1. The summed E-state index contributed by atoms with van der Waals surface area (Å²) in [5, 5.41) is 3.20. The molecule has 0 radical (unpaired) electrons. The number of ketones is 1. The molecule has 0 bridgehead atoms. The highest BCUT2D eigenvalue weighted by Crippen LogP contribution is 2.18. The summed E-state index contributed by atoms with van der Waals surface area (Å²) < 4.78 is 0. The predicted octanol–water partition coefficient (Wildman–Crippen LogP) is 2.40. The Kier molecular flexibility index (Phi) is 4.58. The van der Waals surface area contributed by atoms with Gasteiger partial charge in [-0.2, -0.15) is 0 Å². The van der Waals surface area contributed by atoms with E-state index >= 15 is 0 Å². The van der Waals surface area contributed by atoms with E-state index in [4.69, 9.17) is 0 Å². The van der Waals surface area contributed by atoms with E-state index in [0.29, 0.717) is 5.78 Å². The molecule has 1 saturated carbocycles. The van der Waals surface area contributed by atoms with Crippen molar-refractivity contribution in [3.63, 3.8) is 0 Å². The first-order chi connectivity index (χ1) is 6.34. The van der Waals surface area contributed by atoms with Crippen molar-refractivity contribution in [2.45, 2.75) is 45.4 Å². The van der Waals surface area contributed by atoms with Crippen molar-refractivity contribution < 1.29 is 4.79 Å². The number of nitrogens with one attached hydrogen (secondary N) is 1. The van der Waals surface area contributed by atoms with Crippen LogP contribution in [0.2, 0.25) is 0 Å². The fourth-order valence-electron chi connectivity index (χ4n) is 1.53. The van der Waals surface area contributed by atoms with Gasteiger partial charge in [-0.1, -0.05) is 13.3 Å². The first-order valence-corrected chi connectivity index (χ1v) is 5.30. The third-order valence-electron chi connectivity index (χ3n) is 2.41. The molecule has 0 aromatic rings. The van der Waals surface area contributed by atoms with Crippen molar-refractivity contribution in [3.05, 3.63) is 11.8 Å². The van der Waals surface area contributed by atoms with Crippen LogP contribution < -0.4 is 5.32 Å². The summed E-state index contributed by atoms with van der Waals surface area (Å²) in [7, 11) is 0. The maximum Gasteiger partial charge on any atom is 0.160 e. The van der Waals surface area contributed by atoms with Gasteiger partial charge in [-0.3, -0.25) is 4.79 Å². The summed E-state index contributed by atoms with van der Waals surface area (Å²) in [5.41, 5.74) is 1.00. The van der Waals surface area contributed by atoms with Crippen molar-refractivity contribution in [3.8, 4) is 0 Å². The lowest BCUT2D eigenvalue weighted by Crippen LogP contribution is -2.14. The molecule has 1 fully saturated rings. The van der Waals surface area contributed by atoms with Gasteiger partial charge in [0.05, 0.1) is 0 Å². The standard InChI is InChI=1S/C11H19NO/c1-2-3-8-12-9-10-6-4-5-7-11(10)13/h9,12H,2-8H2,1H3/b10-9-. The highest BCUT2D eigenvalue weighted by atomic mass is 16.1. The molecule has 0 spiro atoms. The summed E-state index contributed by atoms with van der Waals surface area (Å²) in [6.07, 6.45) is 8.27. The predicted molar refractivity (Wildman–Crippen MR) is 54.5 cm³/mol. The summed E-state index contributed by atoms with van der Waals surface area (Å²) >= 11 is 0. The summed E-state index contributed by atoms with van der Waals surface area (Å²) in [6.45, 7) is 3.16. The van der Waals surface area contributed by atoms with Gasteiger partial charge in [0.1, 0.15) is 0 Å². The number of carbonyl (C=O) groups excluding carboxylic acids is 1. The Balaban J connectivity index is 2.27. The molecule has 1 aliphatic rings. The zero-order chi connectivity index (χ0) is 9.52. The molecule has 1 rings (SSSR count). The van der Waals surface area contributed by atoms with Crippen LogP contribution in [-0.4, -0.2) is 12.3 Å². The van der Waals surface area contributed by atoms with Gasteiger partial charge >= 0.3 is 0 Å². The maximum atomic E-state index is 11.3. The molecule has 74 valence electrons. The van der Waals surface area contributed by atoms with E-state index < -0.39 is 0 Å². The number of hydrogen-bond acceptors (Lipinski definition) is 2. The van der Waals surface area contributed by atoms with Crippen LogP contribution in [0.25, 0.3) is 0 Å². The minimum atomic E-state index is 0.343. The molecule has 1 aliphatic carbocycles.